The number of rotatable bonds is 7. The van der Waals surface area contributed by atoms with Crippen molar-refractivity contribution >= 4 is 22.7 Å². The van der Waals surface area contributed by atoms with Crippen molar-refractivity contribution in [2.45, 2.75) is 66.2 Å². The topological polar surface area (TPSA) is 0 Å². The lowest BCUT2D eigenvalue weighted by molar-refractivity contribution is 0.794. The maximum atomic E-state index is 2.45. The predicted molar refractivity (Wildman–Crippen MR) is 94.3 cm³/mol. The first kappa shape index (κ1) is 15.8. The molecular formula is C18H26S2. The highest BCUT2D eigenvalue weighted by Crippen LogP contribution is 2.39. The van der Waals surface area contributed by atoms with E-state index >= 15 is 0 Å². The maximum Gasteiger partial charge on any atom is 0.0477 e. The van der Waals surface area contributed by atoms with E-state index in [4.69, 9.17) is 0 Å². The Labute approximate surface area is 131 Å². The first-order valence-corrected chi connectivity index (χ1v) is 9.48. The van der Waals surface area contributed by atoms with Gasteiger partial charge in [0.25, 0.3) is 0 Å². The average Bonchev–Trinajstić information content (AvgIpc) is 2.97. The van der Waals surface area contributed by atoms with Crippen molar-refractivity contribution in [1.29, 1.82) is 0 Å². The van der Waals surface area contributed by atoms with Crippen molar-refractivity contribution in [3.63, 3.8) is 0 Å². The van der Waals surface area contributed by atoms with E-state index < -0.39 is 0 Å². The molecule has 110 valence electrons. The third-order valence-corrected chi connectivity index (χ3v) is 6.14. The lowest BCUT2D eigenvalue weighted by Gasteiger charge is -2.00. The molecule has 2 rings (SSSR count). The molecule has 0 fully saturated rings. The molecular weight excluding hydrogens is 280 g/mol. The minimum absolute atomic E-state index is 1.23. The van der Waals surface area contributed by atoms with Crippen LogP contribution < -0.4 is 0 Å². The van der Waals surface area contributed by atoms with Gasteiger partial charge in [-0.2, -0.15) is 0 Å². The van der Waals surface area contributed by atoms with Gasteiger partial charge in [0.1, 0.15) is 0 Å². The van der Waals surface area contributed by atoms with Crippen LogP contribution in [0.5, 0.6) is 0 Å². The summed E-state index contributed by atoms with van der Waals surface area (Å²) in [6.07, 6.45) is 7.65. The van der Waals surface area contributed by atoms with Gasteiger partial charge in [0.05, 0.1) is 0 Å². The predicted octanol–water partition coefficient (Wildman–Crippen LogP) is 6.78. The second-order valence-electron chi connectivity index (χ2n) is 5.61. The molecule has 2 heteroatoms. The smallest absolute Gasteiger partial charge is 0.0477 e. The number of aryl methyl sites for hydroxylation is 4. The molecule has 0 aliphatic heterocycles. The summed E-state index contributed by atoms with van der Waals surface area (Å²) in [5.41, 5.74) is 3.14. The fraction of sp³-hybridized carbons (Fsp3) is 0.556. The zero-order valence-electron chi connectivity index (χ0n) is 13.2. The van der Waals surface area contributed by atoms with Gasteiger partial charge >= 0.3 is 0 Å². The Morgan fingerprint density at radius 3 is 2.15 bits per heavy atom. The summed E-state index contributed by atoms with van der Waals surface area (Å²) in [6.45, 7) is 9.07. The van der Waals surface area contributed by atoms with Crippen LogP contribution in [0, 0.1) is 13.8 Å². The fourth-order valence-corrected chi connectivity index (χ4v) is 4.85. The molecule has 0 N–H and O–H groups in total. The van der Waals surface area contributed by atoms with E-state index in [0.29, 0.717) is 0 Å². The van der Waals surface area contributed by atoms with E-state index in [1.807, 2.05) is 22.7 Å². The van der Waals surface area contributed by atoms with Crippen molar-refractivity contribution in [1.82, 2.24) is 0 Å². The summed E-state index contributed by atoms with van der Waals surface area (Å²) in [5, 5.41) is 0. The molecule has 20 heavy (non-hydrogen) atoms. The quantitative estimate of drug-likeness (QED) is 0.529. The number of thiophene rings is 2. The lowest BCUT2D eigenvalue weighted by Crippen LogP contribution is -1.84. The van der Waals surface area contributed by atoms with E-state index in [9.17, 15) is 0 Å². The van der Waals surface area contributed by atoms with Crippen LogP contribution in [0.4, 0.5) is 0 Å². The van der Waals surface area contributed by atoms with E-state index in [1.54, 1.807) is 11.1 Å². The third kappa shape index (κ3) is 3.73. The van der Waals surface area contributed by atoms with Crippen LogP contribution in [-0.2, 0) is 12.8 Å². The van der Waals surface area contributed by atoms with E-state index in [1.165, 1.54) is 58.0 Å². The summed E-state index contributed by atoms with van der Waals surface area (Å²) in [5.74, 6) is 0. The summed E-state index contributed by atoms with van der Waals surface area (Å²) in [4.78, 5) is 6.00. The lowest BCUT2D eigenvalue weighted by atomic mass is 10.1. The molecule has 0 nitrogen and oxygen atoms in total. The van der Waals surface area contributed by atoms with Crippen LogP contribution in [0.15, 0.2) is 12.1 Å². The van der Waals surface area contributed by atoms with Crippen LogP contribution in [0.2, 0.25) is 0 Å². The van der Waals surface area contributed by atoms with Gasteiger partial charge in [0, 0.05) is 19.5 Å². The SMILES string of the molecule is CCCCc1cc(-c2sc(C)cc2CCCC)sc1C. The van der Waals surface area contributed by atoms with Gasteiger partial charge in [0.15, 0.2) is 0 Å². The second kappa shape index (κ2) is 7.42. The largest absolute Gasteiger partial charge is 0.139 e. The summed E-state index contributed by atoms with van der Waals surface area (Å²) in [6, 6.07) is 4.85. The molecule has 0 aromatic carbocycles. The Morgan fingerprint density at radius 2 is 1.50 bits per heavy atom. The zero-order chi connectivity index (χ0) is 14.5. The van der Waals surface area contributed by atoms with E-state index in [0.717, 1.165) is 0 Å². The van der Waals surface area contributed by atoms with Gasteiger partial charge in [-0.05, 0) is 62.8 Å². The molecule has 0 unspecified atom stereocenters. The number of hydrogen-bond acceptors (Lipinski definition) is 2. The normalized spacial score (nSPS) is 11.2. The van der Waals surface area contributed by atoms with Crippen molar-refractivity contribution in [3.05, 3.63) is 33.0 Å². The molecule has 2 heterocycles. The number of hydrogen-bond donors (Lipinski definition) is 0. The molecule has 0 aliphatic carbocycles. The van der Waals surface area contributed by atoms with Crippen LogP contribution >= 0.6 is 22.7 Å². The zero-order valence-corrected chi connectivity index (χ0v) is 14.8. The van der Waals surface area contributed by atoms with Crippen LogP contribution in [0.1, 0.15) is 60.4 Å². The minimum atomic E-state index is 1.23. The van der Waals surface area contributed by atoms with Gasteiger partial charge in [-0.1, -0.05) is 26.7 Å². The third-order valence-electron chi connectivity index (χ3n) is 3.78. The summed E-state index contributed by atoms with van der Waals surface area (Å²) in [7, 11) is 0. The molecule has 0 aliphatic rings. The fourth-order valence-electron chi connectivity index (χ4n) is 2.58. The van der Waals surface area contributed by atoms with Gasteiger partial charge in [0.2, 0.25) is 0 Å². The van der Waals surface area contributed by atoms with Gasteiger partial charge in [-0.3, -0.25) is 0 Å². The highest BCUT2D eigenvalue weighted by molar-refractivity contribution is 7.22. The Bertz CT molecular complexity index is 546. The summed E-state index contributed by atoms with van der Waals surface area (Å²) < 4.78 is 0. The number of unbranched alkanes of at least 4 members (excludes halogenated alkanes) is 2. The Morgan fingerprint density at radius 1 is 0.850 bits per heavy atom. The Balaban J connectivity index is 2.26. The second-order valence-corrected chi connectivity index (χ2v) is 8.12. The molecule has 0 bridgehead atoms. The molecule has 2 aromatic heterocycles. The summed E-state index contributed by atoms with van der Waals surface area (Å²) >= 11 is 3.96. The average molecular weight is 307 g/mol. The molecule has 2 aromatic rings. The Kier molecular flexibility index (Phi) is 5.86. The highest BCUT2D eigenvalue weighted by atomic mass is 32.1. The van der Waals surface area contributed by atoms with E-state index in [2.05, 4.69) is 39.8 Å². The molecule has 0 atom stereocenters. The van der Waals surface area contributed by atoms with Crippen molar-refractivity contribution in [3.8, 4) is 9.75 Å². The van der Waals surface area contributed by atoms with Gasteiger partial charge in [-0.25, -0.2) is 0 Å². The van der Waals surface area contributed by atoms with Gasteiger partial charge in [-0.15, -0.1) is 22.7 Å². The Hall–Kier alpha value is -0.600. The van der Waals surface area contributed by atoms with Crippen molar-refractivity contribution in [2.24, 2.45) is 0 Å². The van der Waals surface area contributed by atoms with Crippen molar-refractivity contribution in [2.75, 3.05) is 0 Å². The first-order valence-electron chi connectivity index (χ1n) is 7.84. The van der Waals surface area contributed by atoms with E-state index in [-0.39, 0.29) is 0 Å². The van der Waals surface area contributed by atoms with Crippen LogP contribution in [0.25, 0.3) is 9.75 Å². The van der Waals surface area contributed by atoms with Crippen LogP contribution in [0.3, 0.4) is 0 Å². The molecule has 0 spiro atoms. The highest BCUT2D eigenvalue weighted by Gasteiger charge is 2.13. The minimum Gasteiger partial charge on any atom is -0.139 e. The van der Waals surface area contributed by atoms with Crippen molar-refractivity contribution < 1.29 is 0 Å². The molecule has 0 radical (unpaired) electrons. The molecule has 0 amide bonds. The molecule has 0 saturated heterocycles. The standard InChI is InChI=1S/C18H26S2/c1-5-7-9-15-12-17(20-14(15)4)18-16(10-8-6-2)11-13(3)19-18/h11-12H,5-10H2,1-4H3. The van der Waals surface area contributed by atoms with Gasteiger partial charge < -0.3 is 0 Å². The monoisotopic (exact) mass is 306 g/mol. The maximum absolute atomic E-state index is 2.45. The molecule has 0 saturated carbocycles. The van der Waals surface area contributed by atoms with Crippen LogP contribution in [-0.4, -0.2) is 0 Å². The first-order chi connectivity index (χ1) is 9.65.